The fraction of sp³-hybridized carbons (Fsp3) is 0.562. The van der Waals surface area contributed by atoms with Crippen LogP contribution in [0, 0.1) is 5.41 Å². The summed E-state index contributed by atoms with van der Waals surface area (Å²) in [7, 11) is 1.81. The molecule has 1 aliphatic carbocycles. The summed E-state index contributed by atoms with van der Waals surface area (Å²) in [6, 6.07) is 9.64. The zero-order valence-electron chi connectivity index (χ0n) is 12.0. The Morgan fingerprint density at radius 1 is 1.25 bits per heavy atom. The number of nitrogens with zero attached hydrogens (tertiary/aromatic N) is 1. The van der Waals surface area contributed by atoms with E-state index >= 15 is 0 Å². The molecule has 1 unspecified atom stereocenters. The number of methoxy groups -OCH3 is 1. The summed E-state index contributed by atoms with van der Waals surface area (Å²) >= 11 is 0. The number of likely N-dealkylation sites (tertiary alicyclic amines) is 1. The molecule has 1 heterocycles. The van der Waals surface area contributed by atoms with Gasteiger partial charge in [-0.25, -0.2) is 4.79 Å². The summed E-state index contributed by atoms with van der Waals surface area (Å²) in [6.07, 6.45) is 4.95. The van der Waals surface area contributed by atoms with Crippen LogP contribution in [0.15, 0.2) is 30.3 Å². The Morgan fingerprint density at radius 2 is 1.95 bits per heavy atom. The molecule has 2 aliphatic rings. The number of piperidine rings is 1. The van der Waals surface area contributed by atoms with Gasteiger partial charge in [-0.05, 0) is 37.8 Å². The normalized spacial score (nSPS) is 24.2. The van der Waals surface area contributed by atoms with Gasteiger partial charge in [0.2, 0.25) is 0 Å². The summed E-state index contributed by atoms with van der Waals surface area (Å²) in [5, 5.41) is 2.96. The van der Waals surface area contributed by atoms with E-state index < -0.39 is 0 Å². The summed E-state index contributed by atoms with van der Waals surface area (Å²) in [5.74, 6) is 0. The molecule has 4 heteroatoms. The van der Waals surface area contributed by atoms with E-state index in [0.29, 0.717) is 11.5 Å². The van der Waals surface area contributed by atoms with Crippen LogP contribution >= 0.6 is 0 Å². The van der Waals surface area contributed by atoms with E-state index in [1.165, 1.54) is 12.8 Å². The van der Waals surface area contributed by atoms with E-state index in [2.05, 4.69) is 5.32 Å². The van der Waals surface area contributed by atoms with Gasteiger partial charge in [-0.2, -0.15) is 0 Å². The first-order chi connectivity index (χ1) is 9.73. The van der Waals surface area contributed by atoms with Gasteiger partial charge in [-0.1, -0.05) is 18.2 Å². The lowest BCUT2D eigenvalue weighted by atomic mass is 9.61. The van der Waals surface area contributed by atoms with E-state index in [4.69, 9.17) is 4.74 Å². The fourth-order valence-corrected chi connectivity index (χ4v) is 3.49. The second kappa shape index (κ2) is 5.44. The smallest absolute Gasteiger partial charge is 0.321 e. The fourth-order valence-electron chi connectivity index (χ4n) is 3.49. The van der Waals surface area contributed by atoms with Crippen molar-refractivity contribution in [3.05, 3.63) is 30.3 Å². The summed E-state index contributed by atoms with van der Waals surface area (Å²) in [5.41, 5.74) is 1.20. The summed E-state index contributed by atoms with van der Waals surface area (Å²) in [4.78, 5) is 14.1. The van der Waals surface area contributed by atoms with E-state index in [9.17, 15) is 4.79 Å². The highest BCUT2D eigenvalue weighted by atomic mass is 16.5. The molecule has 1 spiro atoms. The molecule has 4 nitrogen and oxygen atoms in total. The maximum Gasteiger partial charge on any atom is 0.321 e. The highest BCUT2D eigenvalue weighted by molar-refractivity contribution is 5.89. The summed E-state index contributed by atoms with van der Waals surface area (Å²) < 4.78 is 5.55. The van der Waals surface area contributed by atoms with E-state index in [-0.39, 0.29) is 6.03 Å². The average Bonchev–Trinajstić information content (AvgIpc) is 2.48. The van der Waals surface area contributed by atoms with Crippen LogP contribution in [0.1, 0.15) is 25.7 Å². The van der Waals surface area contributed by atoms with Crippen LogP contribution in [-0.4, -0.2) is 37.2 Å². The Kier molecular flexibility index (Phi) is 3.66. The van der Waals surface area contributed by atoms with E-state index in [0.717, 1.165) is 31.6 Å². The van der Waals surface area contributed by atoms with E-state index in [1.807, 2.05) is 35.2 Å². The topological polar surface area (TPSA) is 41.6 Å². The number of urea groups is 1. The highest BCUT2D eigenvalue weighted by Crippen LogP contribution is 2.50. The van der Waals surface area contributed by atoms with Crippen molar-refractivity contribution >= 4 is 11.7 Å². The SMILES string of the molecule is COC1CCC12CCN(C(=O)Nc1ccccc1)CC2. The van der Waals surface area contributed by atoms with Crippen molar-refractivity contribution in [2.75, 3.05) is 25.5 Å². The van der Waals surface area contributed by atoms with Crippen molar-refractivity contribution < 1.29 is 9.53 Å². The lowest BCUT2D eigenvalue weighted by Crippen LogP contribution is -2.54. The molecule has 0 bridgehead atoms. The zero-order valence-corrected chi connectivity index (χ0v) is 12.0. The molecule has 1 saturated carbocycles. The number of ether oxygens (including phenoxy) is 1. The quantitative estimate of drug-likeness (QED) is 0.900. The predicted molar refractivity (Wildman–Crippen MR) is 78.7 cm³/mol. The van der Waals surface area contributed by atoms with Crippen LogP contribution in [-0.2, 0) is 4.74 Å². The maximum absolute atomic E-state index is 12.2. The van der Waals surface area contributed by atoms with Gasteiger partial charge in [-0.15, -0.1) is 0 Å². The second-order valence-electron chi connectivity index (χ2n) is 5.91. The largest absolute Gasteiger partial charge is 0.381 e. The van der Waals surface area contributed by atoms with Gasteiger partial charge in [-0.3, -0.25) is 0 Å². The molecule has 0 aromatic heterocycles. The Hall–Kier alpha value is -1.55. The monoisotopic (exact) mass is 274 g/mol. The molecule has 2 amide bonds. The lowest BCUT2D eigenvalue weighted by Gasteiger charge is -2.53. The van der Waals surface area contributed by atoms with Crippen LogP contribution in [0.3, 0.4) is 0 Å². The van der Waals surface area contributed by atoms with Gasteiger partial charge >= 0.3 is 6.03 Å². The molecule has 1 N–H and O–H groups in total. The number of nitrogens with one attached hydrogen (secondary N) is 1. The van der Waals surface area contributed by atoms with Gasteiger partial charge in [0.1, 0.15) is 0 Å². The van der Waals surface area contributed by atoms with Crippen molar-refractivity contribution in [1.82, 2.24) is 4.90 Å². The number of carbonyl (C=O) groups excluding carboxylic acids is 1. The molecule has 0 radical (unpaired) electrons. The number of benzene rings is 1. The number of para-hydroxylation sites is 1. The third kappa shape index (κ3) is 2.40. The summed E-state index contributed by atoms with van der Waals surface area (Å²) in [6.45, 7) is 1.66. The average molecular weight is 274 g/mol. The third-order valence-corrected chi connectivity index (χ3v) is 4.94. The third-order valence-electron chi connectivity index (χ3n) is 4.94. The Morgan fingerprint density at radius 3 is 2.50 bits per heavy atom. The van der Waals surface area contributed by atoms with Gasteiger partial charge in [0.05, 0.1) is 6.10 Å². The van der Waals surface area contributed by atoms with Crippen LogP contribution in [0.25, 0.3) is 0 Å². The molecule has 108 valence electrons. The molecule has 1 saturated heterocycles. The minimum atomic E-state index is 0.0133. The Labute approximate surface area is 120 Å². The standard InChI is InChI=1S/C16H22N2O2/c1-20-14-7-8-16(14)9-11-18(12-10-16)15(19)17-13-5-3-2-4-6-13/h2-6,14H,7-12H2,1H3,(H,17,19). The second-order valence-corrected chi connectivity index (χ2v) is 5.91. The number of hydrogen-bond donors (Lipinski definition) is 1. The van der Waals surface area contributed by atoms with Crippen molar-refractivity contribution in [2.45, 2.75) is 31.8 Å². The van der Waals surface area contributed by atoms with Crippen LogP contribution in [0.4, 0.5) is 10.5 Å². The number of amides is 2. The molecular formula is C16H22N2O2. The van der Waals surface area contributed by atoms with Gasteiger partial charge in [0, 0.05) is 31.3 Å². The molecule has 1 aliphatic heterocycles. The maximum atomic E-state index is 12.2. The molecule has 3 rings (SSSR count). The first-order valence-corrected chi connectivity index (χ1v) is 7.37. The molecule has 20 heavy (non-hydrogen) atoms. The lowest BCUT2D eigenvalue weighted by molar-refractivity contribution is -0.115. The predicted octanol–water partition coefficient (Wildman–Crippen LogP) is 3.11. The number of rotatable bonds is 2. The Bertz CT molecular complexity index is 465. The van der Waals surface area contributed by atoms with Crippen LogP contribution < -0.4 is 5.32 Å². The molecule has 1 aromatic rings. The zero-order chi connectivity index (χ0) is 14.0. The molecule has 1 aromatic carbocycles. The van der Waals surface area contributed by atoms with Crippen molar-refractivity contribution in [3.8, 4) is 0 Å². The molecular weight excluding hydrogens is 252 g/mol. The first kappa shape index (κ1) is 13.4. The van der Waals surface area contributed by atoms with Crippen LogP contribution in [0.2, 0.25) is 0 Å². The number of carbonyl (C=O) groups is 1. The van der Waals surface area contributed by atoms with Gasteiger partial charge < -0.3 is 15.0 Å². The van der Waals surface area contributed by atoms with E-state index in [1.54, 1.807) is 7.11 Å². The first-order valence-electron chi connectivity index (χ1n) is 7.37. The van der Waals surface area contributed by atoms with Gasteiger partial charge in [0.15, 0.2) is 0 Å². The van der Waals surface area contributed by atoms with Crippen molar-refractivity contribution in [2.24, 2.45) is 5.41 Å². The van der Waals surface area contributed by atoms with Gasteiger partial charge in [0.25, 0.3) is 0 Å². The highest BCUT2D eigenvalue weighted by Gasteiger charge is 2.48. The molecule has 1 atom stereocenters. The van der Waals surface area contributed by atoms with Crippen LogP contribution in [0.5, 0.6) is 0 Å². The minimum Gasteiger partial charge on any atom is -0.381 e. The van der Waals surface area contributed by atoms with Crippen molar-refractivity contribution in [3.63, 3.8) is 0 Å². The Balaban J connectivity index is 1.54. The van der Waals surface area contributed by atoms with Crippen molar-refractivity contribution in [1.29, 1.82) is 0 Å². The number of anilines is 1. The number of hydrogen-bond acceptors (Lipinski definition) is 2. The molecule has 2 fully saturated rings. The minimum absolute atomic E-state index is 0.0133.